The lowest BCUT2D eigenvalue weighted by Crippen LogP contribution is -2.53. The van der Waals surface area contributed by atoms with Gasteiger partial charge < -0.3 is 15.1 Å². The van der Waals surface area contributed by atoms with Gasteiger partial charge in [-0.25, -0.2) is 0 Å². The monoisotopic (exact) mass is 307 g/mol. The summed E-state index contributed by atoms with van der Waals surface area (Å²) < 4.78 is 0. The van der Waals surface area contributed by atoms with Crippen LogP contribution >= 0.6 is 0 Å². The Morgan fingerprint density at radius 3 is 2.36 bits per heavy atom. The van der Waals surface area contributed by atoms with Crippen molar-refractivity contribution < 1.29 is 14.4 Å². The molecule has 122 valence electrons. The molecule has 2 aliphatic rings. The summed E-state index contributed by atoms with van der Waals surface area (Å²) in [6.45, 7) is 3.89. The molecule has 6 nitrogen and oxygen atoms in total. The van der Waals surface area contributed by atoms with Crippen molar-refractivity contribution in [3.63, 3.8) is 0 Å². The van der Waals surface area contributed by atoms with Crippen LogP contribution in [0.4, 0.5) is 0 Å². The van der Waals surface area contributed by atoms with Crippen LogP contribution in [0.25, 0.3) is 0 Å². The van der Waals surface area contributed by atoms with E-state index in [4.69, 9.17) is 0 Å². The van der Waals surface area contributed by atoms with E-state index in [1.54, 1.807) is 4.90 Å². The Morgan fingerprint density at radius 2 is 1.77 bits per heavy atom. The van der Waals surface area contributed by atoms with Crippen LogP contribution in [0.3, 0.4) is 0 Å². The van der Waals surface area contributed by atoms with E-state index in [1.165, 1.54) is 30.2 Å². The Balaban J connectivity index is 1.70. The molecule has 2 rings (SSSR count). The third-order valence-electron chi connectivity index (χ3n) is 4.32. The Hall–Kier alpha value is -1.85. The Morgan fingerprint density at radius 1 is 1.09 bits per heavy atom. The summed E-state index contributed by atoms with van der Waals surface area (Å²) in [5, 5.41) is 2.71. The molecule has 0 aromatic carbocycles. The molecule has 1 saturated heterocycles. The molecule has 3 amide bonds. The first-order valence-electron chi connectivity index (χ1n) is 8.08. The van der Waals surface area contributed by atoms with Crippen LogP contribution in [0, 0.1) is 0 Å². The highest BCUT2D eigenvalue weighted by Crippen LogP contribution is 2.19. The molecule has 0 aromatic rings. The van der Waals surface area contributed by atoms with Gasteiger partial charge in [-0.05, 0) is 32.1 Å². The van der Waals surface area contributed by atoms with Crippen LogP contribution in [0.15, 0.2) is 11.6 Å². The van der Waals surface area contributed by atoms with Crippen molar-refractivity contribution in [2.75, 3.05) is 32.7 Å². The first-order valence-corrected chi connectivity index (χ1v) is 8.08. The molecule has 0 spiro atoms. The number of allylic oxidation sites excluding steroid dienone is 1. The van der Waals surface area contributed by atoms with E-state index in [-0.39, 0.29) is 5.91 Å². The van der Waals surface area contributed by atoms with E-state index in [1.807, 2.05) is 0 Å². The second kappa shape index (κ2) is 7.96. The largest absolute Gasteiger partial charge is 0.348 e. The van der Waals surface area contributed by atoms with Crippen molar-refractivity contribution in [2.45, 2.75) is 39.0 Å². The van der Waals surface area contributed by atoms with Gasteiger partial charge in [0.2, 0.25) is 5.91 Å². The maximum Gasteiger partial charge on any atom is 0.312 e. The first-order chi connectivity index (χ1) is 10.6. The fourth-order valence-electron chi connectivity index (χ4n) is 2.91. The number of rotatable bonds is 3. The lowest BCUT2D eigenvalue weighted by Gasteiger charge is -2.33. The summed E-state index contributed by atoms with van der Waals surface area (Å²) in [6.07, 6.45) is 7.79. The van der Waals surface area contributed by atoms with Crippen molar-refractivity contribution in [1.82, 2.24) is 15.1 Å². The van der Waals surface area contributed by atoms with Crippen molar-refractivity contribution >= 4 is 17.7 Å². The zero-order chi connectivity index (χ0) is 15.9. The number of hydrogen-bond acceptors (Lipinski definition) is 3. The zero-order valence-corrected chi connectivity index (χ0v) is 13.3. The minimum Gasteiger partial charge on any atom is -0.348 e. The lowest BCUT2D eigenvalue weighted by atomic mass is 9.97. The third kappa shape index (κ3) is 4.58. The molecular formula is C16H25N3O3. The SMILES string of the molecule is CC(=O)N1CCN(C(=O)C(=O)NCCC2=CCCCC2)CC1. The van der Waals surface area contributed by atoms with Crippen LogP contribution in [-0.4, -0.2) is 60.2 Å². The van der Waals surface area contributed by atoms with Crippen LogP contribution in [0.5, 0.6) is 0 Å². The van der Waals surface area contributed by atoms with Gasteiger partial charge >= 0.3 is 11.8 Å². The first kappa shape index (κ1) is 16.5. The van der Waals surface area contributed by atoms with E-state index in [9.17, 15) is 14.4 Å². The summed E-state index contributed by atoms with van der Waals surface area (Å²) in [5.74, 6) is -1.01. The number of piperazine rings is 1. The second-order valence-corrected chi connectivity index (χ2v) is 5.91. The molecule has 1 aliphatic carbocycles. The summed E-state index contributed by atoms with van der Waals surface area (Å²) in [7, 11) is 0. The molecule has 1 N–H and O–H groups in total. The Bertz CT molecular complexity index is 465. The lowest BCUT2D eigenvalue weighted by molar-refractivity contribution is -0.148. The number of carbonyl (C=O) groups excluding carboxylic acids is 3. The number of nitrogens with one attached hydrogen (secondary N) is 1. The van der Waals surface area contributed by atoms with Crippen LogP contribution in [0.2, 0.25) is 0 Å². The number of nitrogens with zero attached hydrogens (tertiary/aromatic N) is 2. The fraction of sp³-hybridized carbons (Fsp3) is 0.688. The van der Waals surface area contributed by atoms with Gasteiger partial charge in [0.25, 0.3) is 0 Å². The molecule has 0 atom stereocenters. The predicted molar refractivity (Wildman–Crippen MR) is 83.0 cm³/mol. The normalized spacial score (nSPS) is 18.7. The highest BCUT2D eigenvalue weighted by atomic mass is 16.2. The summed E-state index contributed by atoms with van der Waals surface area (Å²) in [4.78, 5) is 38.4. The second-order valence-electron chi connectivity index (χ2n) is 5.91. The van der Waals surface area contributed by atoms with Crippen molar-refractivity contribution in [3.8, 4) is 0 Å². The standard InChI is InChI=1S/C16H25N3O3/c1-13(20)18-9-11-19(12-10-18)16(22)15(21)17-8-7-14-5-3-2-4-6-14/h5H,2-4,6-12H2,1H3,(H,17,21). The average Bonchev–Trinajstić information content (AvgIpc) is 2.55. The van der Waals surface area contributed by atoms with Gasteiger partial charge in [0.05, 0.1) is 0 Å². The van der Waals surface area contributed by atoms with E-state index in [0.717, 1.165) is 19.3 Å². The van der Waals surface area contributed by atoms with Crippen LogP contribution < -0.4 is 5.32 Å². The van der Waals surface area contributed by atoms with E-state index >= 15 is 0 Å². The summed E-state index contributed by atoms with van der Waals surface area (Å²) in [5.41, 5.74) is 1.38. The minimum absolute atomic E-state index is 0.0114. The smallest absolute Gasteiger partial charge is 0.312 e. The maximum atomic E-state index is 12.1. The molecule has 1 heterocycles. The molecule has 0 aromatic heterocycles. The van der Waals surface area contributed by atoms with Gasteiger partial charge in [-0.3, -0.25) is 14.4 Å². The molecule has 0 saturated carbocycles. The van der Waals surface area contributed by atoms with Gasteiger partial charge in [0.1, 0.15) is 0 Å². The maximum absolute atomic E-state index is 12.1. The van der Waals surface area contributed by atoms with Crippen LogP contribution in [-0.2, 0) is 14.4 Å². The van der Waals surface area contributed by atoms with Gasteiger partial charge in [0, 0.05) is 39.6 Å². The molecule has 1 aliphatic heterocycles. The zero-order valence-electron chi connectivity index (χ0n) is 13.3. The topological polar surface area (TPSA) is 69.7 Å². The molecule has 1 fully saturated rings. The molecule has 6 heteroatoms. The minimum atomic E-state index is -0.535. The number of hydrogen-bond donors (Lipinski definition) is 1. The highest BCUT2D eigenvalue weighted by molar-refractivity contribution is 6.35. The van der Waals surface area contributed by atoms with Gasteiger partial charge in [-0.2, -0.15) is 0 Å². The number of amides is 3. The van der Waals surface area contributed by atoms with E-state index in [0.29, 0.717) is 32.7 Å². The van der Waals surface area contributed by atoms with Gasteiger partial charge in [-0.1, -0.05) is 11.6 Å². The van der Waals surface area contributed by atoms with Gasteiger partial charge in [0.15, 0.2) is 0 Å². The Kier molecular flexibility index (Phi) is 5.98. The predicted octanol–water partition coefficient (Wildman–Crippen LogP) is 0.684. The third-order valence-corrected chi connectivity index (χ3v) is 4.32. The van der Waals surface area contributed by atoms with Gasteiger partial charge in [-0.15, -0.1) is 0 Å². The summed E-state index contributed by atoms with van der Waals surface area (Å²) >= 11 is 0. The molecule has 0 bridgehead atoms. The highest BCUT2D eigenvalue weighted by Gasteiger charge is 2.26. The molecule has 0 radical (unpaired) electrons. The average molecular weight is 307 g/mol. The van der Waals surface area contributed by atoms with Crippen molar-refractivity contribution in [1.29, 1.82) is 0 Å². The molecule has 22 heavy (non-hydrogen) atoms. The van der Waals surface area contributed by atoms with Crippen molar-refractivity contribution in [2.24, 2.45) is 0 Å². The fourth-order valence-corrected chi connectivity index (χ4v) is 2.91. The molecular weight excluding hydrogens is 282 g/mol. The summed E-state index contributed by atoms with van der Waals surface area (Å²) in [6, 6.07) is 0. The van der Waals surface area contributed by atoms with Crippen LogP contribution in [0.1, 0.15) is 39.0 Å². The molecule has 0 unspecified atom stereocenters. The van der Waals surface area contributed by atoms with Crippen molar-refractivity contribution in [3.05, 3.63) is 11.6 Å². The quantitative estimate of drug-likeness (QED) is 0.616. The van der Waals surface area contributed by atoms with E-state index in [2.05, 4.69) is 11.4 Å². The number of carbonyl (C=O) groups is 3. The Labute approximate surface area is 131 Å². The van der Waals surface area contributed by atoms with E-state index < -0.39 is 11.8 Å².